The molecule has 2 nitrogen and oxygen atoms in total. The second-order valence-electron chi connectivity index (χ2n) is 2.86. The van der Waals surface area contributed by atoms with Gasteiger partial charge in [0.15, 0.2) is 0 Å². The smallest absolute Gasteiger partial charge is 0.147 e. The lowest BCUT2D eigenvalue weighted by Crippen LogP contribution is -2.13. The molecule has 0 saturated heterocycles. The third kappa shape index (κ3) is 3.53. The largest absolute Gasteiger partial charge is 0.489 e. The Labute approximate surface area is 108 Å². The molecule has 0 heterocycles. The normalized spacial score (nSPS) is 12.6. The van der Waals surface area contributed by atoms with Gasteiger partial charge in [-0.25, -0.2) is 0 Å². The van der Waals surface area contributed by atoms with Gasteiger partial charge < -0.3 is 9.84 Å². The Balaban J connectivity index is 2.86. The van der Waals surface area contributed by atoms with E-state index in [2.05, 4.69) is 47.8 Å². The van der Waals surface area contributed by atoms with E-state index in [-0.39, 0.29) is 6.61 Å². The van der Waals surface area contributed by atoms with Crippen molar-refractivity contribution in [3.63, 3.8) is 0 Å². The molecule has 0 spiro atoms. The van der Waals surface area contributed by atoms with Gasteiger partial charge in [-0.1, -0.05) is 15.9 Å². The van der Waals surface area contributed by atoms with Crippen LogP contribution in [0.15, 0.2) is 25.6 Å². The van der Waals surface area contributed by atoms with Crippen molar-refractivity contribution < 1.29 is 9.84 Å². The lowest BCUT2D eigenvalue weighted by atomic mass is 10.3. The van der Waals surface area contributed by atoms with E-state index in [1.54, 1.807) is 6.92 Å². The van der Waals surface area contributed by atoms with Gasteiger partial charge >= 0.3 is 0 Å². The van der Waals surface area contributed by atoms with Crippen LogP contribution in [0, 0.1) is 0 Å². The number of rotatable bonds is 3. The molecule has 1 atom stereocenters. The molecule has 1 N–H and O–H groups in total. The van der Waals surface area contributed by atoms with Gasteiger partial charge in [0.1, 0.15) is 12.4 Å². The van der Waals surface area contributed by atoms with E-state index in [1.165, 1.54) is 0 Å². The van der Waals surface area contributed by atoms with Crippen molar-refractivity contribution in [3.05, 3.63) is 25.6 Å². The van der Waals surface area contributed by atoms with Crippen LogP contribution >= 0.6 is 47.8 Å². The summed E-state index contributed by atoms with van der Waals surface area (Å²) in [5.74, 6) is 0.703. The van der Waals surface area contributed by atoms with Gasteiger partial charge in [-0.15, -0.1) is 0 Å². The summed E-state index contributed by atoms with van der Waals surface area (Å²) < 4.78 is 8.07. The Morgan fingerprint density at radius 3 is 2.21 bits per heavy atom. The molecule has 1 aromatic rings. The summed E-state index contributed by atoms with van der Waals surface area (Å²) in [6.07, 6.45) is -0.475. The number of ether oxygens (including phenoxy) is 1. The molecule has 0 bridgehead atoms. The van der Waals surface area contributed by atoms with E-state index in [1.807, 2.05) is 12.1 Å². The van der Waals surface area contributed by atoms with Crippen LogP contribution in [-0.4, -0.2) is 17.8 Å². The van der Waals surface area contributed by atoms with Crippen LogP contribution in [-0.2, 0) is 0 Å². The molecule has 0 aromatic heterocycles. The summed E-state index contributed by atoms with van der Waals surface area (Å²) in [6, 6.07) is 3.78. The maximum absolute atomic E-state index is 9.09. The fourth-order valence-corrected chi connectivity index (χ4v) is 3.36. The average Bonchev–Trinajstić information content (AvgIpc) is 2.01. The number of benzene rings is 1. The molecule has 0 aliphatic heterocycles. The first-order valence-electron chi connectivity index (χ1n) is 3.96. The maximum Gasteiger partial charge on any atom is 0.147 e. The van der Waals surface area contributed by atoms with Crippen LogP contribution in [0.5, 0.6) is 5.75 Å². The Morgan fingerprint density at radius 1 is 1.29 bits per heavy atom. The Kier molecular flexibility index (Phi) is 4.90. The molecule has 0 aliphatic carbocycles. The van der Waals surface area contributed by atoms with Crippen molar-refractivity contribution in [3.8, 4) is 5.75 Å². The zero-order chi connectivity index (χ0) is 10.7. The summed E-state index contributed by atoms with van der Waals surface area (Å²) >= 11 is 10.1. The van der Waals surface area contributed by atoms with Gasteiger partial charge in [0.05, 0.1) is 15.0 Å². The fraction of sp³-hybridized carbons (Fsp3) is 0.333. The van der Waals surface area contributed by atoms with Crippen molar-refractivity contribution >= 4 is 47.8 Å². The molecule has 5 heteroatoms. The minimum Gasteiger partial charge on any atom is -0.489 e. The quantitative estimate of drug-likeness (QED) is 0.854. The van der Waals surface area contributed by atoms with Crippen molar-refractivity contribution in [2.45, 2.75) is 13.0 Å². The van der Waals surface area contributed by atoms with Gasteiger partial charge in [-0.05, 0) is 50.9 Å². The monoisotopic (exact) mass is 386 g/mol. The predicted molar refractivity (Wildman–Crippen MR) is 66.7 cm³/mol. The van der Waals surface area contributed by atoms with Crippen LogP contribution < -0.4 is 4.74 Å². The summed E-state index contributed by atoms with van der Waals surface area (Å²) in [7, 11) is 0. The summed E-state index contributed by atoms with van der Waals surface area (Å²) in [5.41, 5.74) is 0. The molecule has 0 amide bonds. The van der Waals surface area contributed by atoms with Crippen molar-refractivity contribution in [2.24, 2.45) is 0 Å². The Bertz CT molecular complexity index is 303. The average molecular weight is 389 g/mol. The lowest BCUT2D eigenvalue weighted by Gasteiger charge is -2.11. The van der Waals surface area contributed by atoms with E-state index >= 15 is 0 Å². The van der Waals surface area contributed by atoms with Gasteiger partial charge in [-0.3, -0.25) is 0 Å². The summed E-state index contributed by atoms with van der Waals surface area (Å²) in [6.45, 7) is 1.96. The summed E-state index contributed by atoms with van der Waals surface area (Å²) in [4.78, 5) is 0. The van der Waals surface area contributed by atoms with Crippen LogP contribution in [0.2, 0.25) is 0 Å². The van der Waals surface area contributed by atoms with E-state index < -0.39 is 6.10 Å². The number of hydrogen-bond donors (Lipinski definition) is 1. The zero-order valence-electron chi connectivity index (χ0n) is 7.43. The van der Waals surface area contributed by atoms with Crippen molar-refractivity contribution in [1.82, 2.24) is 0 Å². The Morgan fingerprint density at radius 2 is 1.79 bits per heavy atom. The SMILES string of the molecule is C[C@H](O)COc1c(Br)cc(Br)cc1Br. The molecule has 0 unspecified atom stereocenters. The number of aliphatic hydroxyl groups is 1. The van der Waals surface area contributed by atoms with E-state index in [4.69, 9.17) is 9.84 Å². The molecule has 0 saturated carbocycles. The van der Waals surface area contributed by atoms with Crippen LogP contribution in [0.4, 0.5) is 0 Å². The Hall–Kier alpha value is 0.420. The van der Waals surface area contributed by atoms with Crippen LogP contribution in [0.25, 0.3) is 0 Å². The zero-order valence-corrected chi connectivity index (χ0v) is 12.2. The van der Waals surface area contributed by atoms with Gasteiger partial charge in [0.25, 0.3) is 0 Å². The third-order valence-electron chi connectivity index (χ3n) is 1.43. The summed E-state index contributed by atoms with van der Waals surface area (Å²) in [5, 5.41) is 9.09. The van der Waals surface area contributed by atoms with E-state index in [9.17, 15) is 0 Å². The highest BCUT2D eigenvalue weighted by Gasteiger charge is 2.08. The lowest BCUT2D eigenvalue weighted by molar-refractivity contribution is 0.122. The standard InChI is InChI=1S/C9H9Br3O2/c1-5(13)4-14-9-7(11)2-6(10)3-8(9)12/h2-3,5,13H,4H2,1H3/t5-/m0/s1. The minimum absolute atomic E-state index is 0.277. The maximum atomic E-state index is 9.09. The van der Waals surface area contributed by atoms with Crippen LogP contribution in [0.1, 0.15) is 6.92 Å². The molecule has 1 aromatic carbocycles. The first-order valence-corrected chi connectivity index (χ1v) is 6.34. The highest BCUT2D eigenvalue weighted by molar-refractivity contribution is 9.11. The van der Waals surface area contributed by atoms with Crippen molar-refractivity contribution in [2.75, 3.05) is 6.61 Å². The number of halogens is 3. The molecule has 14 heavy (non-hydrogen) atoms. The predicted octanol–water partition coefficient (Wildman–Crippen LogP) is 3.73. The minimum atomic E-state index is -0.475. The first kappa shape index (κ1) is 12.5. The van der Waals surface area contributed by atoms with E-state index in [0.29, 0.717) is 5.75 Å². The molecular weight excluding hydrogens is 380 g/mol. The third-order valence-corrected chi connectivity index (χ3v) is 3.07. The fourth-order valence-electron chi connectivity index (χ4n) is 0.871. The molecular formula is C9H9Br3O2. The molecule has 0 aliphatic rings. The highest BCUT2D eigenvalue weighted by atomic mass is 79.9. The molecule has 78 valence electrons. The topological polar surface area (TPSA) is 29.5 Å². The van der Waals surface area contributed by atoms with Crippen LogP contribution in [0.3, 0.4) is 0 Å². The van der Waals surface area contributed by atoms with Crippen molar-refractivity contribution in [1.29, 1.82) is 0 Å². The van der Waals surface area contributed by atoms with Gasteiger partial charge in [-0.2, -0.15) is 0 Å². The number of hydrogen-bond acceptors (Lipinski definition) is 2. The second-order valence-corrected chi connectivity index (χ2v) is 5.48. The van der Waals surface area contributed by atoms with Gasteiger partial charge in [0, 0.05) is 4.47 Å². The molecule has 0 fully saturated rings. The highest BCUT2D eigenvalue weighted by Crippen LogP contribution is 2.36. The van der Waals surface area contributed by atoms with Gasteiger partial charge in [0.2, 0.25) is 0 Å². The molecule has 0 radical (unpaired) electrons. The number of aliphatic hydroxyl groups excluding tert-OH is 1. The second kappa shape index (κ2) is 5.49. The first-order chi connectivity index (χ1) is 6.50. The molecule has 1 rings (SSSR count). The van der Waals surface area contributed by atoms with E-state index in [0.717, 1.165) is 13.4 Å².